The molecule has 0 saturated heterocycles. The summed E-state index contributed by atoms with van der Waals surface area (Å²) < 4.78 is 0. The Kier molecular flexibility index (Phi) is 8.11. The molecular weight excluding hydrogens is 468 g/mol. The van der Waals surface area contributed by atoms with Crippen molar-refractivity contribution in [1.82, 2.24) is 0 Å². The molecule has 38 heavy (non-hydrogen) atoms. The largest absolute Gasteiger partial charge is 0.507 e. The molecule has 0 atom stereocenters. The number of hydrogen-bond acceptors (Lipinski definition) is 4. The lowest BCUT2D eigenvalue weighted by molar-refractivity contribution is 0.463. The summed E-state index contributed by atoms with van der Waals surface area (Å²) in [5.74, 6) is 0.764. The van der Waals surface area contributed by atoms with E-state index in [1.807, 2.05) is 24.3 Å². The second kappa shape index (κ2) is 11.8. The molecule has 0 spiro atoms. The lowest BCUT2D eigenvalue weighted by Crippen LogP contribution is -2.08. The summed E-state index contributed by atoms with van der Waals surface area (Å²) >= 11 is 0. The minimum atomic E-state index is 0.382. The second-order valence-electron chi connectivity index (χ2n) is 10.5. The molecule has 0 aliphatic heterocycles. The fourth-order valence-corrected chi connectivity index (χ4v) is 5.92. The Morgan fingerprint density at radius 2 is 0.711 bits per heavy atom. The number of aromatic hydroxyl groups is 2. The number of phenols is 2. The minimum absolute atomic E-state index is 0.382. The van der Waals surface area contributed by atoms with Crippen LogP contribution in [0.5, 0.6) is 11.5 Å². The predicted octanol–water partition coefficient (Wildman–Crippen LogP) is 5.56. The Bertz CT molecular complexity index is 1230. The SMILES string of the molecule is NCCCc1c2cccc1Cc1cccc(c1O)Cc1cccc(c1CCCN)Cc1cccc(c1O)C2. The van der Waals surface area contributed by atoms with E-state index in [9.17, 15) is 10.2 Å². The summed E-state index contributed by atoms with van der Waals surface area (Å²) in [4.78, 5) is 0. The first-order valence-electron chi connectivity index (χ1n) is 13.8. The van der Waals surface area contributed by atoms with Gasteiger partial charge in [0.15, 0.2) is 0 Å². The third-order valence-corrected chi connectivity index (χ3v) is 7.93. The molecule has 5 rings (SSSR count). The molecular formula is C34H38N2O2. The monoisotopic (exact) mass is 506 g/mol. The van der Waals surface area contributed by atoms with Crippen LogP contribution in [-0.2, 0) is 38.5 Å². The van der Waals surface area contributed by atoms with E-state index in [1.165, 1.54) is 33.4 Å². The third kappa shape index (κ3) is 5.47. The van der Waals surface area contributed by atoms with E-state index < -0.39 is 0 Å². The first-order valence-corrected chi connectivity index (χ1v) is 13.8. The van der Waals surface area contributed by atoms with Crippen LogP contribution >= 0.6 is 0 Å². The van der Waals surface area contributed by atoms with E-state index in [0.717, 1.165) is 47.9 Å². The smallest absolute Gasteiger partial charge is 0.122 e. The van der Waals surface area contributed by atoms with E-state index in [-0.39, 0.29) is 0 Å². The van der Waals surface area contributed by atoms with Crippen LogP contribution in [0.1, 0.15) is 68.5 Å². The molecule has 4 aromatic rings. The number of rotatable bonds is 6. The van der Waals surface area contributed by atoms with Crippen LogP contribution in [0.15, 0.2) is 72.8 Å². The molecule has 4 heteroatoms. The maximum absolute atomic E-state index is 11.4. The second-order valence-corrected chi connectivity index (χ2v) is 10.5. The molecule has 0 radical (unpaired) electrons. The highest BCUT2D eigenvalue weighted by Crippen LogP contribution is 2.34. The maximum Gasteiger partial charge on any atom is 0.122 e. The Labute approximate surface area is 226 Å². The van der Waals surface area contributed by atoms with E-state index in [4.69, 9.17) is 11.5 Å². The normalized spacial score (nSPS) is 12.9. The van der Waals surface area contributed by atoms with Crippen molar-refractivity contribution in [3.63, 3.8) is 0 Å². The Hall–Kier alpha value is -3.60. The third-order valence-electron chi connectivity index (χ3n) is 7.93. The van der Waals surface area contributed by atoms with Gasteiger partial charge < -0.3 is 21.7 Å². The zero-order valence-electron chi connectivity index (χ0n) is 22.0. The number of nitrogens with two attached hydrogens (primary N) is 2. The van der Waals surface area contributed by atoms with Crippen LogP contribution in [0.25, 0.3) is 0 Å². The molecule has 1 aliphatic rings. The summed E-state index contributed by atoms with van der Waals surface area (Å²) in [6.07, 6.45) is 6.14. The van der Waals surface area contributed by atoms with Gasteiger partial charge in [-0.15, -0.1) is 0 Å². The molecule has 0 unspecified atom stereocenters. The lowest BCUT2D eigenvalue weighted by Gasteiger charge is -2.20. The van der Waals surface area contributed by atoms with Gasteiger partial charge in [-0.1, -0.05) is 72.8 Å². The lowest BCUT2D eigenvalue weighted by atomic mass is 9.86. The van der Waals surface area contributed by atoms with Gasteiger partial charge in [-0.05, 0) is 94.4 Å². The van der Waals surface area contributed by atoms with Crippen LogP contribution in [0, 0.1) is 0 Å². The van der Waals surface area contributed by atoms with Gasteiger partial charge in [-0.2, -0.15) is 0 Å². The van der Waals surface area contributed by atoms with Gasteiger partial charge in [0.25, 0.3) is 0 Å². The van der Waals surface area contributed by atoms with Crippen molar-refractivity contribution in [3.05, 3.63) is 128 Å². The fourth-order valence-electron chi connectivity index (χ4n) is 5.92. The molecule has 196 valence electrons. The molecule has 0 heterocycles. The zero-order valence-corrected chi connectivity index (χ0v) is 22.0. The number of hydrogen-bond donors (Lipinski definition) is 4. The molecule has 0 fully saturated rings. The average molecular weight is 507 g/mol. The summed E-state index contributed by atoms with van der Waals surface area (Å²) in [6.45, 7) is 1.25. The van der Waals surface area contributed by atoms with E-state index in [0.29, 0.717) is 50.3 Å². The summed E-state index contributed by atoms with van der Waals surface area (Å²) in [6, 6.07) is 25.1. The van der Waals surface area contributed by atoms with Crippen molar-refractivity contribution in [1.29, 1.82) is 0 Å². The maximum atomic E-state index is 11.4. The fraction of sp³-hybridized carbons (Fsp3) is 0.294. The van der Waals surface area contributed by atoms with Crippen LogP contribution in [0.3, 0.4) is 0 Å². The standard InChI is InChI=1S/C34H38N2O2/c35-17-5-15-31-23-7-1-8-24(31)20-28-12-4-14-30(34(28)38)22-26-10-2-9-25(32(26)16-6-18-36)21-29-13-3-11-27(19-23)33(29)37/h1-4,7-14,37-38H,5-6,15-22,35-36H2. The molecule has 6 N–H and O–H groups in total. The average Bonchev–Trinajstić information content (AvgIpc) is 2.92. The summed E-state index contributed by atoms with van der Waals surface area (Å²) in [5, 5.41) is 22.8. The highest BCUT2D eigenvalue weighted by Gasteiger charge is 2.18. The van der Waals surface area contributed by atoms with Gasteiger partial charge in [0.2, 0.25) is 0 Å². The molecule has 8 bridgehead atoms. The van der Waals surface area contributed by atoms with Crippen molar-refractivity contribution in [2.24, 2.45) is 11.5 Å². The van der Waals surface area contributed by atoms with Crippen molar-refractivity contribution in [3.8, 4) is 11.5 Å². The van der Waals surface area contributed by atoms with Crippen molar-refractivity contribution < 1.29 is 10.2 Å². The van der Waals surface area contributed by atoms with Crippen molar-refractivity contribution in [2.75, 3.05) is 13.1 Å². The minimum Gasteiger partial charge on any atom is -0.507 e. The quantitative estimate of drug-likeness (QED) is 0.243. The Morgan fingerprint density at radius 3 is 0.974 bits per heavy atom. The highest BCUT2D eigenvalue weighted by atomic mass is 16.3. The summed E-state index contributed by atoms with van der Waals surface area (Å²) in [7, 11) is 0. The van der Waals surface area contributed by atoms with Gasteiger partial charge in [0.1, 0.15) is 11.5 Å². The first kappa shape index (κ1) is 26.0. The van der Waals surface area contributed by atoms with Crippen LogP contribution in [0.2, 0.25) is 0 Å². The Morgan fingerprint density at radius 1 is 0.447 bits per heavy atom. The molecule has 0 saturated carbocycles. The van der Waals surface area contributed by atoms with Crippen LogP contribution in [0.4, 0.5) is 0 Å². The molecule has 0 aromatic heterocycles. The van der Waals surface area contributed by atoms with Gasteiger partial charge in [0, 0.05) is 25.7 Å². The predicted molar refractivity (Wildman–Crippen MR) is 155 cm³/mol. The number of phenolic OH excluding ortho intramolecular Hbond substituents is 2. The van der Waals surface area contributed by atoms with E-state index in [2.05, 4.69) is 48.5 Å². The van der Waals surface area contributed by atoms with Crippen LogP contribution < -0.4 is 11.5 Å². The zero-order chi connectivity index (χ0) is 26.5. The van der Waals surface area contributed by atoms with Crippen LogP contribution in [-0.4, -0.2) is 23.3 Å². The molecule has 4 nitrogen and oxygen atoms in total. The number of fused-ring (bicyclic) bond motifs is 8. The highest BCUT2D eigenvalue weighted by molar-refractivity contribution is 5.52. The van der Waals surface area contributed by atoms with E-state index in [1.54, 1.807) is 0 Å². The molecule has 0 amide bonds. The van der Waals surface area contributed by atoms with Gasteiger partial charge in [0.05, 0.1) is 0 Å². The number of para-hydroxylation sites is 2. The Balaban J connectivity index is 1.70. The molecule has 4 aromatic carbocycles. The van der Waals surface area contributed by atoms with Gasteiger partial charge in [-0.3, -0.25) is 0 Å². The summed E-state index contributed by atoms with van der Waals surface area (Å²) in [5.41, 5.74) is 22.9. The van der Waals surface area contributed by atoms with E-state index >= 15 is 0 Å². The topological polar surface area (TPSA) is 92.5 Å². The van der Waals surface area contributed by atoms with Crippen molar-refractivity contribution >= 4 is 0 Å². The van der Waals surface area contributed by atoms with Crippen molar-refractivity contribution in [2.45, 2.75) is 51.4 Å². The first-order chi connectivity index (χ1) is 18.6. The van der Waals surface area contributed by atoms with Gasteiger partial charge in [-0.25, -0.2) is 0 Å². The van der Waals surface area contributed by atoms with Gasteiger partial charge >= 0.3 is 0 Å². The molecule has 1 aliphatic carbocycles. The number of benzene rings is 4.